The summed E-state index contributed by atoms with van der Waals surface area (Å²) < 4.78 is 20.3. The summed E-state index contributed by atoms with van der Waals surface area (Å²) >= 11 is 0. The molecule has 0 aliphatic heterocycles. The Hall–Kier alpha value is -2.61. The molecule has 1 aromatic heterocycles. The highest BCUT2D eigenvalue weighted by Crippen LogP contribution is 2.18. The molecule has 0 saturated carbocycles. The van der Waals surface area contributed by atoms with Crippen molar-refractivity contribution < 1.29 is 13.9 Å². The maximum absolute atomic E-state index is 13.5. The quantitative estimate of drug-likeness (QED) is 0.791. The summed E-state index contributed by atoms with van der Waals surface area (Å²) in [6.07, 6.45) is 1.75. The first-order valence-electron chi connectivity index (χ1n) is 5.59. The molecule has 0 spiro atoms. The predicted molar refractivity (Wildman–Crippen MR) is 66.4 cm³/mol. The van der Waals surface area contributed by atoms with E-state index >= 15 is 0 Å². The molecule has 0 N–H and O–H groups in total. The molecular weight excluding hydrogens is 247 g/mol. The number of carbonyl (C=O) groups is 1. The number of benzene rings is 1. The second-order valence-corrected chi connectivity index (χ2v) is 3.97. The standard InChI is InChI=1S/C14H11FN2O2/c1-17-6-2-3-12(17)13(18)9-19-14-5-4-10(8-16)7-11(14)15/h2-7H,9H2,1H3. The minimum absolute atomic E-state index is 0.0402. The van der Waals surface area contributed by atoms with Gasteiger partial charge >= 0.3 is 0 Å². The van der Waals surface area contributed by atoms with Gasteiger partial charge in [0, 0.05) is 13.2 Å². The third-order valence-corrected chi connectivity index (χ3v) is 2.65. The highest BCUT2D eigenvalue weighted by Gasteiger charge is 2.11. The van der Waals surface area contributed by atoms with Crippen molar-refractivity contribution in [1.82, 2.24) is 4.57 Å². The Morgan fingerprint density at radius 1 is 1.47 bits per heavy atom. The first kappa shape index (κ1) is 12.8. The summed E-state index contributed by atoms with van der Waals surface area (Å²) in [6, 6.07) is 9.08. The number of ether oxygens (including phenoxy) is 1. The molecule has 0 aliphatic rings. The Balaban J connectivity index is 2.06. The lowest BCUT2D eigenvalue weighted by atomic mass is 10.2. The van der Waals surface area contributed by atoms with E-state index in [1.807, 2.05) is 6.07 Å². The van der Waals surface area contributed by atoms with Crippen LogP contribution >= 0.6 is 0 Å². The Bertz CT molecular complexity index is 656. The van der Waals surface area contributed by atoms with Gasteiger partial charge < -0.3 is 9.30 Å². The van der Waals surface area contributed by atoms with E-state index < -0.39 is 5.82 Å². The van der Waals surface area contributed by atoms with E-state index in [-0.39, 0.29) is 23.7 Å². The molecule has 96 valence electrons. The third kappa shape index (κ3) is 2.80. The van der Waals surface area contributed by atoms with Gasteiger partial charge in [0.1, 0.15) is 0 Å². The van der Waals surface area contributed by atoms with Crippen LogP contribution in [-0.2, 0) is 7.05 Å². The molecule has 0 saturated heterocycles. The van der Waals surface area contributed by atoms with Crippen LogP contribution < -0.4 is 4.74 Å². The van der Waals surface area contributed by atoms with Crippen LogP contribution in [0.25, 0.3) is 0 Å². The lowest BCUT2D eigenvalue weighted by Gasteiger charge is -2.07. The molecular formula is C14H11FN2O2. The third-order valence-electron chi connectivity index (χ3n) is 2.65. The second-order valence-electron chi connectivity index (χ2n) is 3.97. The molecule has 0 atom stereocenters. The van der Waals surface area contributed by atoms with E-state index in [0.29, 0.717) is 5.69 Å². The van der Waals surface area contributed by atoms with Crippen molar-refractivity contribution in [2.24, 2.45) is 7.05 Å². The molecule has 0 aliphatic carbocycles. The van der Waals surface area contributed by atoms with Crippen molar-refractivity contribution in [3.63, 3.8) is 0 Å². The first-order chi connectivity index (χ1) is 9.11. The van der Waals surface area contributed by atoms with Crippen molar-refractivity contribution in [3.05, 3.63) is 53.6 Å². The average Bonchev–Trinajstić information content (AvgIpc) is 2.83. The summed E-state index contributed by atoms with van der Waals surface area (Å²) in [4.78, 5) is 11.8. The monoisotopic (exact) mass is 258 g/mol. The zero-order valence-electron chi connectivity index (χ0n) is 10.3. The fourth-order valence-corrected chi connectivity index (χ4v) is 1.66. The molecule has 1 aromatic carbocycles. The van der Waals surface area contributed by atoms with E-state index in [2.05, 4.69) is 0 Å². The zero-order chi connectivity index (χ0) is 13.8. The predicted octanol–water partition coefficient (Wildman–Crippen LogP) is 2.30. The van der Waals surface area contributed by atoms with Crippen molar-refractivity contribution >= 4 is 5.78 Å². The van der Waals surface area contributed by atoms with Gasteiger partial charge in [-0.1, -0.05) is 0 Å². The van der Waals surface area contributed by atoms with E-state index in [1.54, 1.807) is 29.9 Å². The minimum Gasteiger partial charge on any atom is -0.482 e. The number of aryl methyl sites for hydroxylation is 1. The number of halogens is 1. The summed E-state index contributed by atoms with van der Waals surface area (Å²) in [7, 11) is 1.75. The highest BCUT2D eigenvalue weighted by molar-refractivity contribution is 5.95. The van der Waals surface area contributed by atoms with Gasteiger partial charge in [-0.15, -0.1) is 0 Å². The van der Waals surface area contributed by atoms with Crippen molar-refractivity contribution in [2.75, 3.05) is 6.61 Å². The lowest BCUT2D eigenvalue weighted by Crippen LogP contribution is -2.15. The molecule has 2 aromatic rings. The van der Waals surface area contributed by atoms with Gasteiger partial charge in [0.2, 0.25) is 5.78 Å². The summed E-state index contributed by atoms with van der Waals surface area (Å²) in [6.45, 7) is -0.249. The van der Waals surface area contributed by atoms with Gasteiger partial charge in [-0.25, -0.2) is 4.39 Å². The van der Waals surface area contributed by atoms with Crippen LogP contribution in [0.15, 0.2) is 36.5 Å². The highest BCUT2D eigenvalue weighted by atomic mass is 19.1. The van der Waals surface area contributed by atoms with Crippen LogP contribution in [0.1, 0.15) is 16.1 Å². The van der Waals surface area contributed by atoms with Gasteiger partial charge in [0.25, 0.3) is 0 Å². The van der Waals surface area contributed by atoms with Gasteiger partial charge in [0.05, 0.1) is 17.3 Å². The molecule has 0 amide bonds. The molecule has 1 heterocycles. The van der Waals surface area contributed by atoms with Crippen LogP contribution in [-0.4, -0.2) is 17.0 Å². The molecule has 4 nitrogen and oxygen atoms in total. The number of Topliss-reactive ketones (excluding diaryl/α,β-unsaturated/α-hetero) is 1. The van der Waals surface area contributed by atoms with Crippen LogP contribution in [0, 0.1) is 17.1 Å². The van der Waals surface area contributed by atoms with Crippen LogP contribution in [0.5, 0.6) is 5.75 Å². The smallest absolute Gasteiger partial charge is 0.216 e. The molecule has 0 bridgehead atoms. The molecule has 0 fully saturated rings. The molecule has 0 radical (unpaired) electrons. The molecule has 19 heavy (non-hydrogen) atoms. The van der Waals surface area contributed by atoms with Gasteiger partial charge in [-0.3, -0.25) is 4.79 Å². The summed E-state index contributed by atoms with van der Waals surface area (Å²) in [5.41, 5.74) is 0.702. The number of nitrogens with zero attached hydrogens (tertiary/aromatic N) is 2. The summed E-state index contributed by atoms with van der Waals surface area (Å²) in [5.74, 6) is -0.934. The number of carbonyl (C=O) groups excluding carboxylic acids is 1. The van der Waals surface area contributed by atoms with Gasteiger partial charge in [0.15, 0.2) is 18.2 Å². The number of rotatable bonds is 4. The number of nitriles is 1. The SMILES string of the molecule is Cn1cccc1C(=O)COc1ccc(C#N)cc1F. The Kier molecular flexibility index (Phi) is 3.62. The maximum atomic E-state index is 13.5. The van der Waals surface area contributed by atoms with Crippen molar-refractivity contribution in [3.8, 4) is 11.8 Å². The topological polar surface area (TPSA) is 55.0 Å². The van der Waals surface area contributed by atoms with Crippen molar-refractivity contribution in [2.45, 2.75) is 0 Å². The van der Waals surface area contributed by atoms with Gasteiger partial charge in [-0.05, 0) is 30.3 Å². The van der Waals surface area contributed by atoms with Crippen LogP contribution in [0.2, 0.25) is 0 Å². The van der Waals surface area contributed by atoms with Crippen LogP contribution in [0.4, 0.5) is 4.39 Å². The Morgan fingerprint density at radius 3 is 2.84 bits per heavy atom. The largest absolute Gasteiger partial charge is 0.482 e. The maximum Gasteiger partial charge on any atom is 0.216 e. The van der Waals surface area contributed by atoms with E-state index in [9.17, 15) is 9.18 Å². The minimum atomic E-state index is -0.654. The Labute approximate surface area is 109 Å². The normalized spacial score (nSPS) is 9.95. The zero-order valence-corrected chi connectivity index (χ0v) is 10.3. The Morgan fingerprint density at radius 2 is 2.26 bits per heavy atom. The molecule has 0 unspecified atom stereocenters. The number of aromatic nitrogens is 1. The van der Waals surface area contributed by atoms with E-state index in [1.165, 1.54) is 12.1 Å². The molecule has 5 heteroatoms. The number of ketones is 1. The van der Waals surface area contributed by atoms with E-state index in [4.69, 9.17) is 10.00 Å². The fourth-order valence-electron chi connectivity index (χ4n) is 1.66. The van der Waals surface area contributed by atoms with Gasteiger partial charge in [-0.2, -0.15) is 5.26 Å². The molecule has 2 rings (SSSR count). The number of hydrogen-bond acceptors (Lipinski definition) is 3. The van der Waals surface area contributed by atoms with E-state index in [0.717, 1.165) is 6.07 Å². The lowest BCUT2D eigenvalue weighted by molar-refractivity contribution is 0.0910. The average molecular weight is 258 g/mol. The second kappa shape index (κ2) is 5.36. The van der Waals surface area contributed by atoms with Crippen molar-refractivity contribution in [1.29, 1.82) is 5.26 Å². The summed E-state index contributed by atoms with van der Waals surface area (Å²) in [5, 5.41) is 8.61. The number of hydrogen-bond donors (Lipinski definition) is 0. The van der Waals surface area contributed by atoms with Crippen LogP contribution in [0.3, 0.4) is 0 Å². The fraction of sp³-hybridized carbons (Fsp3) is 0.143. The first-order valence-corrected chi connectivity index (χ1v) is 5.59.